The van der Waals surface area contributed by atoms with Crippen molar-refractivity contribution in [2.45, 2.75) is 84.1 Å². The van der Waals surface area contributed by atoms with Gasteiger partial charge in [0.15, 0.2) is 5.82 Å². The van der Waals surface area contributed by atoms with Crippen LogP contribution in [0.4, 0.5) is 4.79 Å². The third-order valence-corrected chi connectivity index (χ3v) is 6.95. The van der Waals surface area contributed by atoms with E-state index < -0.39 is 5.60 Å². The van der Waals surface area contributed by atoms with Gasteiger partial charge in [0, 0.05) is 10.9 Å². The number of benzene rings is 2. The van der Waals surface area contributed by atoms with Gasteiger partial charge in [-0.3, -0.25) is 9.47 Å². The van der Waals surface area contributed by atoms with Crippen molar-refractivity contribution in [3.63, 3.8) is 0 Å². The van der Waals surface area contributed by atoms with Crippen LogP contribution in [0.3, 0.4) is 0 Å². The van der Waals surface area contributed by atoms with E-state index in [-0.39, 0.29) is 18.1 Å². The molecule has 7 nitrogen and oxygen atoms in total. The molecular weight excluding hydrogens is 476 g/mol. The molecule has 0 bridgehead atoms. The first-order valence-electron chi connectivity index (χ1n) is 12.6. The summed E-state index contributed by atoms with van der Waals surface area (Å²) >= 11 is 6.36. The fraction of sp³-hybridized carbons (Fsp3) is 0.464. The smallest absolute Gasteiger partial charge is 0.411 e. The highest BCUT2D eigenvalue weighted by atomic mass is 35.5. The van der Waals surface area contributed by atoms with Crippen LogP contribution in [0.1, 0.15) is 75.1 Å². The molecule has 0 saturated heterocycles. The molecule has 8 heteroatoms. The Morgan fingerprint density at radius 2 is 1.81 bits per heavy atom. The third-order valence-electron chi connectivity index (χ3n) is 6.71. The first-order chi connectivity index (χ1) is 17.2. The number of aryl methyl sites for hydroxylation is 1. The SMILES string of the molecule is Cc1cccc(O[C@H]2CC[C@H](c3nnc4n3-c3ccc(Cl)cc3CN(C(=O)OC(C)(C)C)C4)CC2)c1. The molecule has 1 aromatic heterocycles. The first kappa shape index (κ1) is 24.6. The van der Waals surface area contributed by atoms with E-state index in [2.05, 4.69) is 33.8 Å². The van der Waals surface area contributed by atoms with E-state index in [1.807, 2.05) is 51.1 Å². The van der Waals surface area contributed by atoms with Gasteiger partial charge in [-0.05, 0) is 94.8 Å². The molecule has 36 heavy (non-hydrogen) atoms. The quantitative estimate of drug-likeness (QED) is 0.399. The summed E-state index contributed by atoms with van der Waals surface area (Å²) in [5.74, 6) is 2.87. The lowest BCUT2D eigenvalue weighted by Gasteiger charge is -2.29. The minimum atomic E-state index is -0.585. The van der Waals surface area contributed by atoms with Crippen LogP contribution < -0.4 is 4.74 Å². The van der Waals surface area contributed by atoms with E-state index in [1.165, 1.54) is 5.56 Å². The van der Waals surface area contributed by atoms with Crippen molar-refractivity contribution in [3.8, 4) is 11.4 Å². The van der Waals surface area contributed by atoms with Crippen LogP contribution in [0.15, 0.2) is 42.5 Å². The molecular formula is C28H33ClN4O3. The van der Waals surface area contributed by atoms with Crippen molar-refractivity contribution in [2.75, 3.05) is 0 Å². The second kappa shape index (κ2) is 9.77. The van der Waals surface area contributed by atoms with Crippen molar-refractivity contribution in [3.05, 3.63) is 70.3 Å². The predicted molar refractivity (Wildman–Crippen MR) is 139 cm³/mol. The molecule has 1 saturated carbocycles. The fourth-order valence-electron chi connectivity index (χ4n) is 5.07. The van der Waals surface area contributed by atoms with E-state index in [9.17, 15) is 4.79 Å². The molecule has 0 atom stereocenters. The Morgan fingerprint density at radius 1 is 1.03 bits per heavy atom. The zero-order valence-electron chi connectivity index (χ0n) is 21.3. The molecule has 190 valence electrons. The van der Waals surface area contributed by atoms with Gasteiger partial charge in [0.05, 0.1) is 24.9 Å². The molecule has 2 aromatic carbocycles. The van der Waals surface area contributed by atoms with Crippen molar-refractivity contribution in [2.24, 2.45) is 0 Å². The summed E-state index contributed by atoms with van der Waals surface area (Å²) < 4.78 is 14.1. The molecule has 2 heterocycles. The van der Waals surface area contributed by atoms with Gasteiger partial charge < -0.3 is 9.47 Å². The van der Waals surface area contributed by atoms with E-state index in [0.717, 1.165) is 54.3 Å². The van der Waals surface area contributed by atoms with Gasteiger partial charge in [-0.15, -0.1) is 10.2 Å². The van der Waals surface area contributed by atoms with E-state index in [0.29, 0.717) is 18.1 Å². The lowest BCUT2D eigenvalue weighted by atomic mass is 9.86. The zero-order valence-corrected chi connectivity index (χ0v) is 22.1. The number of amides is 1. The van der Waals surface area contributed by atoms with Crippen LogP contribution in [0.2, 0.25) is 5.02 Å². The highest BCUT2D eigenvalue weighted by Crippen LogP contribution is 2.37. The van der Waals surface area contributed by atoms with Gasteiger partial charge in [0.1, 0.15) is 17.2 Å². The summed E-state index contributed by atoms with van der Waals surface area (Å²) in [6, 6.07) is 14.0. The minimum Gasteiger partial charge on any atom is -0.490 e. The highest BCUT2D eigenvalue weighted by Gasteiger charge is 2.33. The van der Waals surface area contributed by atoms with Crippen LogP contribution in [0.25, 0.3) is 5.69 Å². The number of carbonyl (C=O) groups excluding carboxylic acids is 1. The largest absolute Gasteiger partial charge is 0.490 e. The van der Waals surface area contributed by atoms with Gasteiger partial charge in [-0.2, -0.15) is 0 Å². The average molecular weight is 509 g/mol. The predicted octanol–water partition coefficient (Wildman–Crippen LogP) is 6.59. The van der Waals surface area contributed by atoms with Crippen molar-refractivity contribution < 1.29 is 14.3 Å². The second-order valence-electron chi connectivity index (χ2n) is 10.8. The standard InChI is InChI=1S/C28H33ClN4O3/c1-18-6-5-7-23(14-18)35-22-11-8-19(9-12-22)26-31-30-25-17-32(27(34)36-28(2,3)4)16-20-15-21(29)10-13-24(20)33(25)26/h5-7,10,13-15,19,22H,8-9,11-12,16-17H2,1-4H3/t19-,22-. The Balaban J connectivity index is 1.38. The minimum absolute atomic E-state index is 0.198. The number of nitrogens with zero attached hydrogens (tertiary/aromatic N) is 4. The van der Waals surface area contributed by atoms with E-state index >= 15 is 0 Å². The number of hydrogen-bond donors (Lipinski definition) is 0. The summed E-state index contributed by atoms with van der Waals surface area (Å²) in [5, 5.41) is 9.80. The highest BCUT2D eigenvalue weighted by molar-refractivity contribution is 6.30. The molecule has 1 aliphatic heterocycles. The summed E-state index contributed by atoms with van der Waals surface area (Å²) in [4.78, 5) is 14.7. The molecule has 1 fully saturated rings. The van der Waals surface area contributed by atoms with E-state index in [4.69, 9.17) is 21.1 Å². The molecule has 0 radical (unpaired) electrons. The van der Waals surface area contributed by atoms with Gasteiger partial charge in [-0.1, -0.05) is 23.7 Å². The van der Waals surface area contributed by atoms with Gasteiger partial charge >= 0.3 is 6.09 Å². The summed E-state index contributed by atoms with van der Waals surface area (Å²) in [5.41, 5.74) is 2.54. The Kier molecular flexibility index (Phi) is 6.68. The van der Waals surface area contributed by atoms with Crippen LogP contribution in [0.5, 0.6) is 5.75 Å². The Labute approximate surface area is 217 Å². The third kappa shape index (κ3) is 5.36. The topological polar surface area (TPSA) is 69.5 Å². The van der Waals surface area contributed by atoms with Crippen LogP contribution >= 0.6 is 11.6 Å². The maximum atomic E-state index is 13.0. The molecule has 0 unspecified atom stereocenters. The van der Waals surface area contributed by atoms with Gasteiger partial charge in [0.25, 0.3) is 0 Å². The number of ether oxygens (including phenoxy) is 2. The fourth-order valence-corrected chi connectivity index (χ4v) is 5.26. The molecule has 1 aliphatic carbocycles. The molecule has 0 N–H and O–H groups in total. The Morgan fingerprint density at radius 3 is 2.53 bits per heavy atom. The maximum Gasteiger partial charge on any atom is 0.411 e. The summed E-state index contributed by atoms with van der Waals surface area (Å²) in [6.07, 6.45) is 3.67. The van der Waals surface area contributed by atoms with Crippen molar-refractivity contribution in [1.29, 1.82) is 0 Å². The molecule has 2 aliphatic rings. The lowest BCUT2D eigenvalue weighted by Crippen LogP contribution is -2.35. The van der Waals surface area contributed by atoms with Gasteiger partial charge in [0.2, 0.25) is 0 Å². The summed E-state index contributed by atoms with van der Waals surface area (Å²) in [6.45, 7) is 8.40. The van der Waals surface area contributed by atoms with Crippen molar-refractivity contribution in [1.82, 2.24) is 19.7 Å². The number of carbonyl (C=O) groups is 1. The molecule has 0 spiro atoms. The van der Waals surface area contributed by atoms with Crippen LogP contribution in [0, 0.1) is 6.92 Å². The normalized spacial score (nSPS) is 19.8. The number of halogens is 1. The maximum absolute atomic E-state index is 13.0. The number of fused-ring (bicyclic) bond motifs is 3. The Hall–Kier alpha value is -3.06. The molecule has 1 amide bonds. The molecule has 3 aromatic rings. The summed E-state index contributed by atoms with van der Waals surface area (Å²) in [7, 11) is 0. The van der Waals surface area contributed by atoms with Crippen LogP contribution in [-0.2, 0) is 17.8 Å². The zero-order chi connectivity index (χ0) is 25.4. The number of aromatic nitrogens is 3. The van der Waals surface area contributed by atoms with Crippen LogP contribution in [-0.4, -0.2) is 37.5 Å². The first-order valence-corrected chi connectivity index (χ1v) is 13.0. The average Bonchev–Trinajstić information content (AvgIpc) is 3.14. The number of rotatable bonds is 3. The Bertz CT molecular complexity index is 1260. The lowest BCUT2D eigenvalue weighted by molar-refractivity contribution is 0.0214. The number of hydrogen-bond acceptors (Lipinski definition) is 5. The second-order valence-corrected chi connectivity index (χ2v) is 11.3. The monoisotopic (exact) mass is 508 g/mol. The van der Waals surface area contributed by atoms with Gasteiger partial charge in [-0.25, -0.2) is 4.79 Å². The van der Waals surface area contributed by atoms with Crippen molar-refractivity contribution >= 4 is 17.7 Å². The van der Waals surface area contributed by atoms with E-state index in [1.54, 1.807) is 4.90 Å². The molecule has 5 rings (SSSR count).